The van der Waals surface area contributed by atoms with Crippen LogP contribution in [0.4, 0.5) is 11.4 Å². The topological polar surface area (TPSA) is 86.2 Å². The number of hydrogen-bond acceptors (Lipinski definition) is 4. The lowest BCUT2D eigenvalue weighted by Crippen LogP contribution is -2.03. The molecule has 0 heterocycles. The van der Waals surface area contributed by atoms with Gasteiger partial charge in [-0.15, -0.1) is 0 Å². The van der Waals surface area contributed by atoms with E-state index in [9.17, 15) is 14.3 Å². The molecule has 0 spiro atoms. The average molecular weight is 369 g/mol. The van der Waals surface area contributed by atoms with Gasteiger partial charge < -0.3 is 5.73 Å². The Kier molecular flexibility index (Phi) is 4.74. The number of aryl methyl sites for hydroxylation is 1. The Hall–Kier alpha value is -1.73. The van der Waals surface area contributed by atoms with Crippen molar-refractivity contribution in [2.75, 3.05) is 5.73 Å². The molecule has 2 aromatic rings. The first-order valence-corrected chi connectivity index (χ1v) is 8.17. The molecule has 0 radical (unpaired) electrons. The molecule has 21 heavy (non-hydrogen) atoms. The quantitative estimate of drug-likeness (QED) is 0.507. The lowest BCUT2D eigenvalue weighted by molar-refractivity contribution is -0.385. The fraction of sp³-hybridized carbons (Fsp3) is 0.143. The number of nitro groups is 1. The van der Waals surface area contributed by atoms with Gasteiger partial charge in [-0.1, -0.05) is 28.1 Å². The molecule has 1 atom stereocenters. The van der Waals surface area contributed by atoms with Crippen LogP contribution in [0.15, 0.2) is 45.8 Å². The average Bonchev–Trinajstić information content (AvgIpc) is 2.43. The van der Waals surface area contributed by atoms with E-state index in [1.165, 1.54) is 6.07 Å². The van der Waals surface area contributed by atoms with Gasteiger partial charge in [-0.05, 0) is 30.7 Å². The van der Waals surface area contributed by atoms with Gasteiger partial charge >= 0.3 is 0 Å². The van der Waals surface area contributed by atoms with E-state index in [4.69, 9.17) is 5.73 Å². The number of nitrogen functional groups attached to an aromatic ring is 1. The minimum absolute atomic E-state index is 0.0519. The highest BCUT2D eigenvalue weighted by atomic mass is 79.9. The van der Waals surface area contributed by atoms with Crippen LogP contribution >= 0.6 is 15.9 Å². The van der Waals surface area contributed by atoms with Gasteiger partial charge in [0.2, 0.25) is 0 Å². The maximum atomic E-state index is 12.4. The first-order valence-electron chi connectivity index (χ1n) is 6.06. The van der Waals surface area contributed by atoms with Gasteiger partial charge in [-0.3, -0.25) is 14.3 Å². The lowest BCUT2D eigenvalue weighted by atomic mass is 10.2. The van der Waals surface area contributed by atoms with Gasteiger partial charge in [0, 0.05) is 21.8 Å². The lowest BCUT2D eigenvalue weighted by Gasteiger charge is -2.08. The molecule has 1 unspecified atom stereocenters. The predicted octanol–water partition coefficient (Wildman–Crippen LogP) is 3.56. The molecular weight excluding hydrogens is 356 g/mol. The Bertz CT molecular complexity index is 734. The van der Waals surface area contributed by atoms with Crippen LogP contribution in [0.3, 0.4) is 0 Å². The molecule has 0 saturated carbocycles. The van der Waals surface area contributed by atoms with Crippen LogP contribution in [0.1, 0.15) is 11.1 Å². The van der Waals surface area contributed by atoms with Crippen molar-refractivity contribution < 1.29 is 9.13 Å². The van der Waals surface area contributed by atoms with Crippen molar-refractivity contribution >= 4 is 38.1 Å². The highest BCUT2D eigenvalue weighted by Crippen LogP contribution is 2.27. The third-order valence-electron chi connectivity index (χ3n) is 2.94. The van der Waals surface area contributed by atoms with Crippen LogP contribution in [0.2, 0.25) is 0 Å². The molecule has 0 aliphatic rings. The number of hydrogen-bond donors (Lipinski definition) is 1. The van der Waals surface area contributed by atoms with Crippen LogP contribution in [-0.4, -0.2) is 9.13 Å². The maximum Gasteiger partial charge on any atom is 0.274 e. The molecule has 0 fully saturated rings. The molecule has 0 aliphatic heterocycles. The van der Waals surface area contributed by atoms with E-state index in [-0.39, 0.29) is 11.4 Å². The summed E-state index contributed by atoms with van der Waals surface area (Å²) < 4.78 is 13.1. The van der Waals surface area contributed by atoms with Crippen molar-refractivity contribution in [3.63, 3.8) is 0 Å². The molecule has 0 bridgehead atoms. The van der Waals surface area contributed by atoms with E-state index in [0.29, 0.717) is 20.6 Å². The molecule has 0 amide bonds. The van der Waals surface area contributed by atoms with Crippen molar-refractivity contribution in [1.29, 1.82) is 0 Å². The van der Waals surface area contributed by atoms with E-state index in [1.54, 1.807) is 24.3 Å². The highest BCUT2D eigenvalue weighted by Gasteiger charge is 2.18. The number of nitrogens with two attached hydrogens (primary N) is 1. The number of halogens is 1. The predicted molar refractivity (Wildman–Crippen MR) is 86.5 cm³/mol. The Morgan fingerprint density at radius 2 is 2.00 bits per heavy atom. The van der Waals surface area contributed by atoms with Crippen molar-refractivity contribution in [2.24, 2.45) is 0 Å². The molecule has 0 aromatic heterocycles. The summed E-state index contributed by atoms with van der Waals surface area (Å²) >= 11 is 3.20. The van der Waals surface area contributed by atoms with Crippen molar-refractivity contribution in [3.8, 4) is 0 Å². The zero-order chi connectivity index (χ0) is 15.6. The van der Waals surface area contributed by atoms with E-state index in [2.05, 4.69) is 15.9 Å². The van der Waals surface area contributed by atoms with Gasteiger partial charge in [0.25, 0.3) is 5.69 Å². The van der Waals surface area contributed by atoms with E-state index in [1.807, 2.05) is 13.0 Å². The van der Waals surface area contributed by atoms with E-state index >= 15 is 0 Å². The third-order valence-corrected chi connectivity index (χ3v) is 4.86. The molecule has 2 rings (SSSR count). The number of nitrogens with zero attached hydrogens (tertiary/aromatic N) is 1. The Morgan fingerprint density at radius 3 is 2.67 bits per heavy atom. The highest BCUT2D eigenvalue weighted by molar-refractivity contribution is 9.10. The van der Waals surface area contributed by atoms with Crippen LogP contribution in [0, 0.1) is 17.0 Å². The van der Waals surface area contributed by atoms with Crippen LogP contribution in [-0.2, 0) is 16.6 Å². The van der Waals surface area contributed by atoms with Gasteiger partial charge in [-0.25, -0.2) is 0 Å². The molecule has 7 heteroatoms. The maximum absolute atomic E-state index is 12.4. The summed E-state index contributed by atoms with van der Waals surface area (Å²) in [5, 5.41) is 11.1. The monoisotopic (exact) mass is 368 g/mol. The molecule has 110 valence electrons. The molecular formula is C14H13BrN2O3S. The first kappa shape index (κ1) is 15.7. The third kappa shape index (κ3) is 3.68. The van der Waals surface area contributed by atoms with Crippen LogP contribution in [0.25, 0.3) is 0 Å². The summed E-state index contributed by atoms with van der Waals surface area (Å²) in [5.41, 5.74) is 7.57. The van der Waals surface area contributed by atoms with Gasteiger partial charge in [0.1, 0.15) is 0 Å². The largest absolute Gasteiger partial charge is 0.398 e. The summed E-state index contributed by atoms with van der Waals surface area (Å²) in [5.74, 6) is 0.0528. The number of anilines is 1. The zero-order valence-corrected chi connectivity index (χ0v) is 13.6. The summed E-state index contributed by atoms with van der Waals surface area (Å²) in [6, 6.07) is 9.98. The number of nitro benzene ring substituents is 1. The molecule has 2 N–H and O–H groups in total. The van der Waals surface area contributed by atoms with Gasteiger partial charge in [0.05, 0.1) is 26.4 Å². The fourth-order valence-electron chi connectivity index (χ4n) is 1.89. The number of benzene rings is 2. The smallest absolute Gasteiger partial charge is 0.274 e. The van der Waals surface area contributed by atoms with E-state index < -0.39 is 15.7 Å². The summed E-state index contributed by atoms with van der Waals surface area (Å²) in [6.45, 7) is 1.88. The Labute approximate surface area is 132 Å². The summed E-state index contributed by atoms with van der Waals surface area (Å²) in [7, 11) is -1.43. The Morgan fingerprint density at radius 1 is 1.29 bits per heavy atom. The normalized spacial score (nSPS) is 12.1. The van der Waals surface area contributed by atoms with Crippen LogP contribution < -0.4 is 5.73 Å². The SMILES string of the molecule is Cc1ccc(N)c(S(=O)Cc2ccc(Br)cc2[N+](=O)[O-])c1. The fourth-order valence-corrected chi connectivity index (χ4v) is 3.57. The molecule has 0 aliphatic carbocycles. The second kappa shape index (κ2) is 6.36. The zero-order valence-electron chi connectivity index (χ0n) is 11.2. The summed E-state index contributed by atoms with van der Waals surface area (Å²) in [6.07, 6.45) is 0. The molecule has 5 nitrogen and oxygen atoms in total. The minimum atomic E-state index is -1.43. The van der Waals surface area contributed by atoms with Crippen molar-refractivity contribution in [1.82, 2.24) is 0 Å². The second-order valence-corrected chi connectivity index (χ2v) is 6.90. The van der Waals surface area contributed by atoms with Crippen molar-refractivity contribution in [3.05, 3.63) is 62.1 Å². The molecule has 2 aromatic carbocycles. The minimum Gasteiger partial charge on any atom is -0.398 e. The Balaban J connectivity index is 2.36. The van der Waals surface area contributed by atoms with Crippen molar-refractivity contribution in [2.45, 2.75) is 17.6 Å². The second-order valence-electron chi connectivity index (χ2n) is 4.56. The summed E-state index contributed by atoms with van der Waals surface area (Å²) in [4.78, 5) is 11.1. The van der Waals surface area contributed by atoms with Crippen LogP contribution in [0.5, 0.6) is 0 Å². The standard InChI is InChI=1S/C14H13BrN2O3S/c1-9-2-5-12(16)14(6-9)21(20)8-10-3-4-11(15)7-13(10)17(18)19/h2-7H,8,16H2,1H3. The number of rotatable bonds is 4. The van der Waals surface area contributed by atoms with Gasteiger partial charge in [0.15, 0.2) is 0 Å². The van der Waals surface area contributed by atoms with E-state index in [0.717, 1.165) is 5.56 Å². The molecule has 0 saturated heterocycles. The first-order chi connectivity index (χ1) is 9.88. The van der Waals surface area contributed by atoms with Gasteiger partial charge in [-0.2, -0.15) is 0 Å².